The molecule has 104 heavy (non-hydrogen) atoms. The van der Waals surface area contributed by atoms with Crippen molar-refractivity contribution < 1.29 is 28.6 Å². The van der Waals surface area contributed by atoms with E-state index in [4.69, 9.17) is 14.2 Å². The Labute approximate surface area is 603 Å². The molecule has 498 valence electrons. The molecule has 0 amide bonds. The molecule has 0 atom stereocenters. The summed E-state index contributed by atoms with van der Waals surface area (Å²) in [6.45, 7) is 0. The topological polar surface area (TPSA) is 88.6 Å². The van der Waals surface area contributed by atoms with Crippen molar-refractivity contribution >= 4 is 101 Å². The Balaban J connectivity index is 0.698. The predicted molar refractivity (Wildman–Crippen MR) is 420 cm³/mol. The minimum absolute atomic E-state index is 0.354. The molecule has 0 aliphatic heterocycles. The molecule has 0 aliphatic rings. The summed E-state index contributed by atoms with van der Waals surface area (Å²) in [7, 11) is 0. The molecule has 9 heteroatoms. The summed E-state index contributed by atoms with van der Waals surface area (Å²) in [5.41, 5.74) is 12.4. The fraction of sp³-hybridized carbons (Fsp3) is 0.0211. The van der Waals surface area contributed by atoms with Gasteiger partial charge in [-0.05, 0) is 243 Å². The second kappa shape index (κ2) is 29.1. The normalized spacial score (nSPS) is 11.2. The number of nitrogens with zero attached hydrogens (tertiary/aromatic N) is 3. The highest BCUT2D eigenvalue weighted by atomic mass is 16.5. The van der Waals surface area contributed by atoms with Crippen LogP contribution in [0.3, 0.4) is 0 Å². The van der Waals surface area contributed by atoms with Crippen LogP contribution in [-0.4, -0.2) is 17.9 Å². The van der Waals surface area contributed by atoms with Crippen molar-refractivity contribution in [1.29, 1.82) is 0 Å². The Morgan fingerprint density at radius 2 is 0.452 bits per heavy atom. The lowest BCUT2D eigenvalue weighted by Gasteiger charge is -2.36. The van der Waals surface area contributed by atoms with Crippen molar-refractivity contribution in [2.75, 3.05) is 14.7 Å². The van der Waals surface area contributed by atoms with Gasteiger partial charge >= 0.3 is 17.9 Å². The largest absolute Gasteiger partial charge is 0.423 e. The third-order valence-corrected chi connectivity index (χ3v) is 19.1. The van der Waals surface area contributed by atoms with Crippen LogP contribution in [0.15, 0.2) is 394 Å². The summed E-state index contributed by atoms with van der Waals surface area (Å²) in [6, 6.07) is 130. The van der Waals surface area contributed by atoms with E-state index in [-0.39, 0.29) is 0 Å². The third kappa shape index (κ3) is 13.7. The Morgan fingerprint density at radius 1 is 0.221 bits per heavy atom. The van der Waals surface area contributed by atoms with E-state index in [0.717, 1.165) is 106 Å². The average molecular weight is 1350 g/mol. The van der Waals surface area contributed by atoms with Crippen LogP contribution in [0.25, 0.3) is 32.3 Å². The number of para-hydroxylation sites is 3. The lowest BCUT2D eigenvalue weighted by Crippen LogP contribution is -2.32. The Morgan fingerprint density at radius 3 is 0.731 bits per heavy atom. The minimum atomic E-state index is -0.947. The van der Waals surface area contributed by atoms with Gasteiger partial charge in [0.2, 0.25) is 0 Å². The molecule has 0 fully saturated rings. The second-order valence-electron chi connectivity index (χ2n) is 25.6. The molecule has 0 spiro atoms. The van der Waals surface area contributed by atoms with E-state index in [1.54, 1.807) is 36.4 Å². The van der Waals surface area contributed by atoms with Crippen molar-refractivity contribution in [3.8, 4) is 17.2 Å². The van der Waals surface area contributed by atoms with Crippen LogP contribution >= 0.6 is 0 Å². The van der Waals surface area contributed by atoms with Gasteiger partial charge in [-0.1, -0.05) is 212 Å². The van der Waals surface area contributed by atoms with E-state index in [1.807, 2.05) is 218 Å². The van der Waals surface area contributed by atoms with Crippen LogP contribution in [-0.2, 0) is 11.8 Å². The molecular formula is C95H67N3O6. The van der Waals surface area contributed by atoms with Gasteiger partial charge in [0.25, 0.3) is 0 Å². The number of rotatable bonds is 20. The van der Waals surface area contributed by atoms with Crippen LogP contribution in [0.2, 0.25) is 0 Å². The van der Waals surface area contributed by atoms with Gasteiger partial charge in [0.15, 0.2) is 0 Å². The molecule has 0 bridgehead atoms. The van der Waals surface area contributed by atoms with Gasteiger partial charge in [-0.3, -0.25) is 0 Å². The van der Waals surface area contributed by atoms with E-state index in [0.29, 0.717) is 40.4 Å². The maximum Gasteiger partial charge on any atom is 0.343 e. The zero-order chi connectivity index (χ0) is 70.2. The molecule has 0 N–H and O–H groups in total. The number of esters is 3. The number of benzene rings is 16. The second-order valence-corrected chi connectivity index (χ2v) is 25.6. The standard InChI is InChI=1S/C95H67N3O6/c99-92(71-36-48-83(49-37-71)96(80-27-7-2-8-28-80)86-54-33-68-21-13-16-24-74(68)63-86)102-89-57-42-77(43-58-89)95(66-67-19-5-1-6-20-67,78-44-59-90(60-45-78)103-93(100)72-38-50-84(51-39-72)97(81-29-9-3-10-30-81)87-55-34-69-22-14-17-25-75(69)64-87)79-46-61-91(62-47-79)104-94(101)73-40-52-85(53-41-73)98(82-31-11-4-12-32-82)88-56-35-70-23-15-18-26-76(70)65-88/h1-65H,66H2. The molecule has 0 aliphatic carbocycles. The van der Waals surface area contributed by atoms with Crippen LogP contribution in [0.5, 0.6) is 17.2 Å². The molecule has 9 nitrogen and oxygen atoms in total. The monoisotopic (exact) mass is 1350 g/mol. The van der Waals surface area contributed by atoms with Gasteiger partial charge < -0.3 is 28.9 Å². The summed E-state index contributed by atoms with van der Waals surface area (Å²) in [4.78, 5) is 49.1. The van der Waals surface area contributed by atoms with Crippen molar-refractivity contribution in [3.63, 3.8) is 0 Å². The number of carbonyl (C=O) groups excluding carboxylic acids is 3. The van der Waals surface area contributed by atoms with E-state index >= 15 is 0 Å². The SMILES string of the molecule is O=C(Oc1ccc(C(Cc2ccccc2)(c2ccc(OC(=O)c3ccc(N(c4ccccc4)c4ccc5ccccc5c4)cc3)cc2)c2ccc(OC(=O)c3ccc(N(c4ccccc4)c4ccc5ccccc5c4)cc3)cc2)cc1)c1ccc(N(c2ccccc2)c2ccc3ccccc3c2)cc1. The van der Waals surface area contributed by atoms with Crippen LogP contribution in [0.1, 0.15) is 53.3 Å². The minimum Gasteiger partial charge on any atom is -0.423 e. The maximum absolute atomic E-state index is 14.2. The van der Waals surface area contributed by atoms with Crippen molar-refractivity contribution in [3.05, 3.63) is 433 Å². The van der Waals surface area contributed by atoms with Crippen molar-refractivity contribution in [1.82, 2.24) is 0 Å². The van der Waals surface area contributed by atoms with Gasteiger partial charge in [0.05, 0.1) is 16.7 Å². The van der Waals surface area contributed by atoms with Gasteiger partial charge in [0, 0.05) is 56.6 Å². The molecule has 16 aromatic carbocycles. The Hall–Kier alpha value is -13.9. The van der Waals surface area contributed by atoms with Crippen molar-refractivity contribution in [2.45, 2.75) is 11.8 Å². The van der Waals surface area contributed by atoms with Crippen LogP contribution in [0, 0.1) is 0 Å². The van der Waals surface area contributed by atoms with Gasteiger partial charge in [-0.15, -0.1) is 0 Å². The summed E-state index contributed by atoms with van der Waals surface area (Å²) in [6.07, 6.45) is 0.466. The van der Waals surface area contributed by atoms with E-state index in [2.05, 4.69) is 154 Å². The molecule has 16 aromatic rings. The Kier molecular flexibility index (Phi) is 18.1. The molecular weight excluding hydrogens is 1280 g/mol. The molecule has 0 unspecified atom stereocenters. The molecule has 0 saturated carbocycles. The molecule has 0 radical (unpaired) electrons. The molecule has 16 rings (SSSR count). The van der Waals surface area contributed by atoms with E-state index in [1.165, 1.54) is 0 Å². The number of ether oxygens (including phenoxy) is 3. The lowest BCUT2D eigenvalue weighted by molar-refractivity contribution is 0.0725. The van der Waals surface area contributed by atoms with Gasteiger partial charge in [-0.25, -0.2) is 14.4 Å². The Bertz CT molecular complexity index is 5170. The summed E-state index contributed by atoms with van der Waals surface area (Å²) in [5, 5.41) is 6.80. The molecule has 0 heterocycles. The first-order valence-corrected chi connectivity index (χ1v) is 34.6. The summed E-state index contributed by atoms with van der Waals surface area (Å²) < 4.78 is 18.6. The average Bonchev–Trinajstić information content (AvgIpc) is 0.748. The number of carbonyl (C=O) groups is 3. The number of anilines is 9. The highest BCUT2D eigenvalue weighted by Gasteiger charge is 2.37. The van der Waals surface area contributed by atoms with Gasteiger partial charge in [-0.2, -0.15) is 0 Å². The smallest absolute Gasteiger partial charge is 0.343 e. The number of hydrogen-bond acceptors (Lipinski definition) is 9. The highest BCUT2D eigenvalue weighted by Crippen LogP contribution is 2.46. The number of fused-ring (bicyclic) bond motifs is 3. The third-order valence-electron chi connectivity index (χ3n) is 19.1. The zero-order valence-electron chi connectivity index (χ0n) is 56.5. The highest BCUT2D eigenvalue weighted by molar-refractivity contribution is 5.96. The first kappa shape index (κ1) is 64.8. The van der Waals surface area contributed by atoms with Gasteiger partial charge in [0.1, 0.15) is 17.2 Å². The van der Waals surface area contributed by atoms with Crippen LogP contribution < -0.4 is 28.9 Å². The fourth-order valence-electron chi connectivity index (χ4n) is 13.9. The summed E-state index contributed by atoms with van der Waals surface area (Å²) in [5.74, 6) is -0.469. The quantitative estimate of drug-likeness (QED) is 0.0420. The number of hydrogen-bond donors (Lipinski definition) is 0. The van der Waals surface area contributed by atoms with Crippen LogP contribution in [0.4, 0.5) is 51.2 Å². The lowest BCUT2D eigenvalue weighted by atomic mass is 9.66. The fourth-order valence-corrected chi connectivity index (χ4v) is 13.9. The summed E-state index contributed by atoms with van der Waals surface area (Å²) >= 11 is 0. The zero-order valence-corrected chi connectivity index (χ0v) is 56.5. The van der Waals surface area contributed by atoms with E-state index in [9.17, 15) is 14.4 Å². The van der Waals surface area contributed by atoms with Crippen molar-refractivity contribution in [2.24, 2.45) is 0 Å². The molecule has 0 saturated heterocycles. The predicted octanol–water partition coefficient (Wildman–Crippen LogP) is 23.8. The first-order chi connectivity index (χ1) is 51.2. The maximum atomic E-state index is 14.2. The molecule has 0 aromatic heterocycles. The first-order valence-electron chi connectivity index (χ1n) is 34.6. The van der Waals surface area contributed by atoms with E-state index < -0.39 is 23.3 Å².